The monoisotopic (exact) mass is 306 g/mol. The Labute approximate surface area is 115 Å². The van der Waals surface area contributed by atoms with Crippen molar-refractivity contribution in [1.82, 2.24) is 0 Å². The molecule has 0 radical (unpaired) electrons. The van der Waals surface area contributed by atoms with E-state index in [0.29, 0.717) is 39.3 Å². The number of nitrogens with zero attached hydrogens (tertiary/aromatic N) is 2. The smallest absolute Gasteiger partial charge is 0.291 e. The lowest BCUT2D eigenvalue weighted by Crippen LogP contribution is -2.11. The standard InChI is InChI=1S/3C2H8N2.2HNO3/c3*3-1-2-4;2*2-1(3)4/h3*1-4H2;2*(H,2,3,4). The molecule has 0 aliphatic rings. The molecule has 0 unspecified atom stereocenters. The first-order valence-corrected chi connectivity index (χ1v) is 5.08. The number of rotatable bonds is 3. The molecule has 0 aromatic rings. The first-order valence-electron chi connectivity index (χ1n) is 5.08. The maximum absolute atomic E-state index is 8.36. The van der Waals surface area contributed by atoms with E-state index < -0.39 is 10.2 Å². The van der Waals surface area contributed by atoms with Gasteiger partial charge in [-0.3, -0.25) is 0 Å². The summed E-state index contributed by atoms with van der Waals surface area (Å²) in [6.45, 7) is 3.58. The van der Waals surface area contributed by atoms with Crippen LogP contribution < -0.4 is 34.4 Å². The van der Waals surface area contributed by atoms with Crippen LogP contribution >= 0.6 is 0 Å². The summed E-state index contributed by atoms with van der Waals surface area (Å²) in [6, 6.07) is 0. The van der Waals surface area contributed by atoms with Gasteiger partial charge in [-0.15, -0.1) is 20.2 Å². The van der Waals surface area contributed by atoms with Crippen LogP contribution in [0.1, 0.15) is 0 Å². The van der Waals surface area contributed by atoms with Crippen LogP contribution in [0.4, 0.5) is 0 Å². The second kappa shape index (κ2) is 43.4. The first kappa shape index (κ1) is 30.9. The predicted octanol–water partition coefficient (Wildman–Crippen LogP) is -3.98. The summed E-state index contributed by atoms with van der Waals surface area (Å²) in [7, 11) is 0. The largest absolute Gasteiger partial charge is 0.329 e. The molecule has 0 aromatic heterocycles. The molecule has 0 aliphatic heterocycles. The summed E-state index contributed by atoms with van der Waals surface area (Å²) in [5.41, 5.74) is 29.4. The van der Waals surface area contributed by atoms with Crippen LogP contribution in [0, 0.1) is 20.2 Å². The summed E-state index contributed by atoms with van der Waals surface area (Å²) >= 11 is 0. The molecule has 0 spiro atoms. The highest BCUT2D eigenvalue weighted by molar-refractivity contribution is 4.26. The van der Waals surface area contributed by atoms with Crippen molar-refractivity contribution in [2.45, 2.75) is 0 Å². The van der Waals surface area contributed by atoms with Crippen LogP contribution in [0.25, 0.3) is 0 Å². The zero-order valence-corrected chi connectivity index (χ0v) is 11.1. The summed E-state index contributed by atoms with van der Waals surface area (Å²) < 4.78 is 0. The molecule has 0 amide bonds. The lowest BCUT2D eigenvalue weighted by Gasteiger charge is -1.72. The van der Waals surface area contributed by atoms with E-state index in [-0.39, 0.29) is 0 Å². The van der Waals surface area contributed by atoms with Gasteiger partial charge in [-0.2, -0.15) is 0 Å². The van der Waals surface area contributed by atoms with Crippen LogP contribution in [0.3, 0.4) is 0 Å². The molecule has 0 saturated carbocycles. The minimum absolute atomic E-state index is 0.597. The topological polar surface area (TPSA) is 283 Å². The van der Waals surface area contributed by atoms with Gasteiger partial charge in [0.15, 0.2) is 0 Å². The highest BCUT2D eigenvalue weighted by Gasteiger charge is 1.65. The van der Waals surface area contributed by atoms with E-state index in [4.69, 9.17) is 65.0 Å². The summed E-state index contributed by atoms with van der Waals surface area (Å²) in [4.78, 5) is 16.7. The molecule has 14 heteroatoms. The molecular weight excluding hydrogens is 280 g/mol. The number of hydrogen-bond donors (Lipinski definition) is 8. The minimum Gasteiger partial charge on any atom is -0.329 e. The Morgan fingerprint density at radius 2 is 0.650 bits per heavy atom. The molecule has 14 nitrogen and oxygen atoms in total. The Morgan fingerprint density at radius 3 is 0.650 bits per heavy atom. The van der Waals surface area contributed by atoms with Gasteiger partial charge in [-0.25, -0.2) is 0 Å². The van der Waals surface area contributed by atoms with Crippen LogP contribution in [0.2, 0.25) is 0 Å². The highest BCUT2D eigenvalue weighted by atomic mass is 16.9. The molecule has 0 bridgehead atoms. The van der Waals surface area contributed by atoms with E-state index in [2.05, 4.69) is 0 Å². The molecule has 20 heavy (non-hydrogen) atoms. The number of hydrogen-bond acceptors (Lipinski definition) is 10. The zero-order valence-electron chi connectivity index (χ0n) is 11.1. The minimum atomic E-state index is -1.50. The van der Waals surface area contributed by atoms with E-state index in [1.807, 2.05) is 0 Å². The van der Waals surface area contributed by atoms with Gasteiger partial charge in [-0.1, -0.05) is 0 Å². The Balaban J connectivity index is -0.0000000469. The molecule has 126 valence electrons. The van der Waals surface area contributed by atoms with Crippen LogP contribution in [0.15, 0.2) is 0 Å². The third kappa shape index (κ3) is 2760. The predicted molar refractivity (Wildman–Crippen MR) is 71.9 cm³/mol. The van der Waals surface area contributed by atoms with Crippen LogP contribution in [-0.4, -0.2) is 59.9 Å². The maximum atomic E-state index is 8.36. The Bertz CT molecular complexity index is 138. The van der Waals surface area contributed by atoms with E-state index in [0.717, 1.165) is 0 Å². The second-order valence-corrected chi connectivity index (χ2v) is 2.21. The van der Waals surface area contributed by atoms with Crippen molar-refractivity contribution in [2.24, 2.45) is 34.4 Å². The van der Waals surface area contributed by atoms with Crippen LogP contribution in [-0.2, 0) is 0 Å². The van der Waals surface area contributed by atoms with Crippen molar-refractivity contribution in [2.75, 3.05) is 39.3 Å². The first-order chi connectivity index (χ1) is 9.21. The molecule has 0 saturated heterocycles. The SMILES string of the molecule is NCCN.NCCN.NCCN.O=[N+]([O-])O.O=[N+]([O-])O. The highest BCUT2D eigenvalue weighted by Crippen LogP contribution is 1.38. The third-order valence-corrected chi connectivity index (χ3v) is 0.500. The van der Waals surface area contributed by atoms with Crippen LogP contribution in [0.5, 0.6) is 0 Å². The van der Waals surface area contributed by atoms with Gasteiger partial charge in [-0.05, 0) is 0 Å². The molecule has 0 atom stereocenters. The van der Waals surface area contributed by atoms with Gasteiger partial charge in [0, 0.05) is 39.3 Å². The van der Waals surface area contributed by atoms with E-state index >= 15 is 0 Å². The van der Waals surface area contributed by atoms with Gasteiger partial charge in [0.25, 0.3) is 10.2 Å². The third-order valence-electron chi connectivity index (χ3n) is 0.500. The van der Waals surface area contributed by atoms with E-state index in [1.165, 1.54) is 0 Å². The van der Waals surface area contributed by atoms with Crippen molar-refractivity contribution in [3.05, 3.63) is 20.2 Å². The van der Waals surface area contributed by atoms with Crippen molar-refractivity contribution in [3.63, 3.8) is 0 Å². The van der Waals surface area contributed by atoms with Crippen molar-refractivity contribution in [3.8, 4) is 0 Å². The van der Waals surface area contributed by atoms with Gasteiger partial charge in [0.1, 0.15) is 0 Å². The zero-order chi connectivity index (χ0) is 17.4. The molecular formula is C6H26N8O6. The fourth-order valence-electron chi connectivity index (χ4n) is 0. The summed E-state index contributed by atoms with van der Waals surface area (Å²) in [5.74, 6) is 0. The van der Waals surface area contributed by atoms with Gasteiger partial charge in [0.05, 0.1) is 0 Å². The quantitative estimate of drug-likeness (QED) is 0.183. The number of nitrogens with two attached hydrogens (primary N) is 6. The van der Waals surface area contributed by atoms with Crippen molar-refractivity contribution in [1.29, 1.82) is 0 Å². The van der Waals surface area contributed by atoms with E-state index in [9.17, 15) is 0 Å². The molecule has 0 aromatic carbocycles. The summed E-state index contributed by atoms with van der Waals surface area (Å²) in [6.07, 6.45) is 0. The summed E-state index contributed by atoms with van der Waals surface area (Å²) in [5, 5.41) is 27.3. The maximum Gasteiger partial charge on any atom is 0.291 e. The Morgan fingerprint density at radius 1 is 0.600 bits per heavy atom. The fourth-order valence-corrected chi connectivity index (χ4v) is 0. The van der Waals surface area contributed by atoms with Crippen molar-refractivity contribution >= 4 is 0 Å². The van der Waals surface area contributed by atoms with Gasteiger partial charge < -0.3 is 44.8 Å². The van der Waals surface area contributed by atoms with Crippen molar-refractivity contribution < 1.29 is 20.6 Å². The van der Waals surface area contributed by atoms with Gasteiger partial charge >= 0.3 is 0 Å². The Hall–Kier alpha value is -1.84. The fraction of sp³-hybridized carbons (Fsp3) is 1.00. The van der Waals surface area contributed by atoms with E-state index in [1.54, 1.807) is 0 Å². The normalized spacial score (nSPS) is 6.90. The Kier molecular flexibility index (Phi) is 67.0. The van der Waals surface area contributed by atoms with Gasteiger partial charge in [0.2, 0.25) is 0 Å². The lowest BCUT2D eigenvalue weighted by molar-refractivity contribution is -0.742. The average molecular weight is 306 g/mol. The molecule has 0 fully saturated rings. The molecule has 14 N–H and O–H groups in total. The molecule has 0 aliphatic carbocycles. The lowest BCUT2D eigenvalue weighted by atomic mass is 10.7. The molecule has 0 heterocycles. The average Bonchev–Trinajstić information content (AvgIpc) is 2.37. The second-order valence-electron chi connectivity index (χ2n) is 2.21. The molecule has 0 rings (SSSR count).